The summed E-state index contributed by atoms with van der Waals surface area (Å²) in [5.74, 6) is 2.54. The molecule has 0 radical (unpaired) electrons. The molecule has 148 heavy (non-hydrogen) atoms. The first kappa shape index (κ1) is 88.3. The van der Waals surface area contributed by atoms with Crippen molar-refractivity contribution in [2.45, 2.75) is 88.7 Å². The number of aromatic nitrogens is 6. The van der Waals surface area contributed by atoms with Crippen molar-refractivity contribution in [3.63, 3.8) is 0 Å². The van der Waals surface area contributed by atoms with E-state index in [1.54, 1.807) is 36.4 Å². The summed E-state index contributed by atoms with van der Waals surface area (Å²) in [5.41, 5.74) is 26.0. The molecular weight excluding hydrogens is 1900 g/mol. The van der Waals surface area contributed by atoms with Crippen LogP contribution in [0.15, 0.2) is 430 Å². The highest BCUT2D eigenvalue weighted by Gasteiger charge is 2.41. The smallest absolute Gasteiger partial charge is 0.210 e. The number of para-hydroxylation sites is 3. The monoisotopic (exact) mass is 1980 g/mol. The molecule has 4 aliphatic rings. The first-order valence-corrected chi connectivity index (χ1v) is 55.2. The van der Waals surface area contributed by atoms with Crippen molar-refractivity contribution in [2.24, 2.45) is 0 Å². The third-order valence-corrected chi connectivity index (χ3v) is 37.7. The summed E-state index contributed by atoms with van der Waals surface area (Å²) in [7, 11) is -11.4. The van der Waals surface area contributed by atoms with E-state index in [0.29, 0.717) is 104 Å². The number of nitriles is 1. The highest BCUT2D eigenvalue weighted by atomic mass is 32.2. The molecule has 0 atom stereocenters. The van der Waals surface area contributed by atoms with E-state index in [0.717, 1.165) is 149 Å². The predicted octanol–water partition coefficient (Wildman–Crippen LogP) is 32.5. The van der Waals surface area contributed by atoms with E-state index in [4.69, 9.17) is 15.0 Å². The summed E-state index contributed by atoms with van der Waals surface area (Å²) in [6.45, 7) is 10.6. The summed E-state index contributed by atoms with van der Waals surface area (Å²) in [5, 5.41) is 27.7. The number of nitrogens with zero attached hydrogens (tertiary/aromatic N) is 7. The summed E-state index contributed by atoms with van der Waals surface area (Å²) in [6.07, 6.45) is 2.06. The molecule has 0 fully saturated rings. The number of benzene rings is 22. The lowest BCUT2D eigenvalue weighted by atomic mass is 9.80. The maximum Gasteiger partial charge on any atom is 0.210 e. The maximum absolute atomic E-state index is 14.4. The second-order valence-corrected chi connectivity index (χ2v) is 46.1. The lowest BCUT2D eigenvalue weighted by Crippen LogP contribution is -2.16. The number of thiophene rings is 1. The number of hydrogen-bond donors (Lipinski definition) is 0. The number of aryl methyl sites for hydroxylation is 3. The van der Waals surface area contributed by atoms with Crippen LogP contribution in [-0.4, -0.2) is 53.9 Å². The number of sulfone groups is 3. The Morgan fingerprint density at radius 2 is 0.588 bits per heavy atom. The fourth-order valence-corrected chi connectivity index (χ4v) is 30.6. The van der Waals surface area contributed by atoms with Gasteiger partial charge in [-0.15, -0.1) is 11.3 Å². The number of hydrogen-bond acceptors (Lipinski definition) is 11. The molecule has 0 amide bonds. The topological polar surface area (TPSA) is 180 Å². The average Bonchev–Trinajstić information content (AvgIpc) is 1.39. The van der Waals surface area contributed by atoms with Gasteiger partial charge in [-0.3, -0.25) is 13.7 Å². The van der Waals surface area contributed by atoms with Gasteiger partial charge in [0.1, 0.15) is 17.5 Å². The molecule has 0 N–H and O–H groups in total. The Labute approximate surface area is 857 Å². The van der Waals surface area contributed by atoms with Gasteiger partial charge in [0, 0.05) is 44.8 Å². The molecule has 7 heterocycles. The van der Waals surface area contributed by atoms with Crippen LogP contribution in [0.5, 0.6) is 0 Å². The lowest BCUT2D eigenvalue weighted by Gasteiger charge is -2.24. The van der Waals surface area contributed by atoms with Crippen LogP contribution in [0.4, 0.5) is 0 Å². The zero-order valence-electron chi connectivity index (χ0n) is 80.9. The van der Waals surface area contributed by atoms with Crippen molar-refractivity contribution in [3.8, 4) is 112 Å². The lowest BCUT2D eigenvalue weighted by molar-refractivity contribution is 0.592. The second-order valence-electron chi connectivity index (χ2n) is 39.3. The van der Waals surface area contributed by atoms with Crippen LogP contribution in [0.3, 0.4) is 0 Å². The zero-order chi connectivity index (χ0) is 99.8. The van der Waals surface area contributed by atoms with Crippen molar-refractivity contribution in [1.29, 1.82) is 5.26 Å². The minimum Gasteiger partial charge on any atom is -0.294 e. The van der Waals surface area contributed by atoms with Crippen molar-refractivity contribution in [2.75, 3.05) is 0 Å². The Balaban J connectivity index is 0.000000107. The van der Waals surface area contributed by atoms with E-state index >= 15 is 0 Å². The van der Waals surface area contributed by atoms with Crippen LogP contribution in [-0.2, 0) is 54.2 Å². The molecular formula is C131H87N7O6S4. The Hall–Kier alpha value is -17.4. The molecule has 0 saturated carbocycles. The van der Waals surface area contributed by atoms with Gasteiger partial charge in [0.2, 0.25) is 29.5 Å². The van der Waals surface area contributed by atoms with Crippen LogP contribution >= 0.6 is 11.3 Å². The zero-order valence-corrected chi connectivity index (χ0v) is 84.2. The average molecular weight is 1980 g/mol. The van der Waals surface area contributed by atoms with Crippen LogP contribution in [0.1, 0.15) is 68.8 Å². The molecule has 0 spiro atoms. The van der Waals surface area contributed by atoms with Crippen LogP contribution < -0.4 is 0 Å². The van der Waals surface area contributed by atoms with Gasteiger partial charge in [-0.2, -0.15) is 5.26 Å². The minimum atomic E-state index is -3.82. The Bertz CT molecular complexity index is 10700. The van der Waals surface area contributed by atoms with Crippen molar-refractivity contribution >= 4 is 170 Å². The van der Waals surface area contributed by atoms with Crippen molar-refractivity contribution < 1.29 is 25.3 Å². The molecule has 22 aromatic carbocycles. The quantitative estimate of drug-likeness (QED) is 0.120. The van der Waals surface area contributed by atoms with E-state index < -0.39 is 29.5 Å². The summed E-state index contributed by atoms with van der Waals surface area (Å²) >= 11 is 1.83. The number of rotatable bonds is 10. The minimum absolute atomic E-state index is 0.273. The number of fused-ring (bicyclic) bond motifs is 19. The van der Waals surface area contributed by atoms with E-state index in [1.165, 1.54) is 64.3 Å². The highest BCUT2D eigenvalue weighted by molar-refractivity contribution is 7.92. The van der Waals surface area contributed by atoms with E-state index in [2.05, 4.69) is 325 Å². The SMILES string of the molecule is CCc1nc2cccc3c2n1-c1ccc(-c2c4ccccc4c(-c4ccc5c(c4)C(C)(C)c4cc(C#N)ccc4-5)c4ccccc24)cc1S3(=O)=O.CCc1nc2cccc3c2n1-c1ccc(-c2c4ccccc4c(-c4ccc5c(c4)sc4ccccc45)c4ccccc24)cc1S3(=O)=O.CCc1nc2cccc3c2n1-c1ccc(-c2c4ccccc4c(-c4ccc5ccccc5c4)c4ccc(-c5ccccc5)cc24)cc1S3(=O)=O. The fraction of sp³-hybridized carbons (Fsp3) is 0.0687. The molecule has 3 aliphatic heterocycles. The molecule has 26 aromatic rings. The molecule has 0 bridgehead atoms. The van der Waals surface area contributed by atoms with Crippen LogP contribution in [0.25, 0.3) is 235 Å². The molecule has 1 aliphatic carbocycles. The summed E-state index contributed by atoms with van der Waals surface area (Å²) in [6, 6.07) is 139. The van der Waals surface area contributed by atoms with Crippen molar-refractivity contribution in [1.82, 2.24) is 28.7 Å². The molecule has 0 saturated heterocycles. The maximum atomic E-state index is 14.4. The standard InChI is InChI=1S/C45H31N3O2S.C45H30N2O2S.C41H26N2O2S2/c1-4-41-47-37-14-9-15-39-44(37)48(41)38-21-18-28(24-40(38)51(39,49)50)43-33-12-7-5-10-31(33)42(32-11-6-8-13-34(32)43)27-17-20-30-29-19-16-26(25-46)22-35(29)45(2,3)36(30)23-27;1-2-42-46-38-17-10-18-40-45(38)47(42)39-24-22-33(27-41(39)50(40,48)49)44-35-16-9-8-15-34(35)43(32-20-19-29-13-6-7-14-30(29)25-32)36-23-21-31(26-37(36)44)28-11-4-3-5-12-28;1-2-38-42-32-15-9-17-36-41(32)43(38)33-21-19-25(23-37(33)47(36,44)45)40-30-13-5-3-11-28(30)39(29-12-4-6-14-31(29)40)24-18-20-27-26-10-7-8-16-34(26)46-35(27)22-24/h5-24H,4H2,1-3H3;3-27H,2H2,1H3;3-23H,2H2,1H3. The number of imidazole rings is 3. The first-order chi connectivity index (χ1) is 72.2. The van der Waals surface area contributed by atoms with E-state index in [1.807, 2.05) is 105 Å². The van der Waals surface area contributed by atoms with Gasteiger partial charge in [-0.25, -0.2) is 40.2 Å². The Kier molecular flexibility index (Phi) is 19.7. The third-order valence-electron chi connectivity index (χ3n) is 31.1. The molecule has 13 nitrogen and oxygen atoms in total. The molecule has 4 aromatic heterocycles. The Morgan fingerprint density at radius 1 is 0.264 bits per heavy atom. The summed E-state index contributed by atoms with van der Waals surface area (Å²) < 4.78 is 94.7. The largest absolute Gasteiger partial charge is 0.294 e. The third kappa shape index (κ3) is 13.0. The van der Waals surface area contributed by atoms with E-state index in [9.17, 15) is 30.5 Å². The molecule has 0 unspecified atom stereocenters. The van der Waals surface area contributed by atoms with Crippen LogP contribution in [0.2, 0.25) is 0 Å². The molecule has 17 heteroatoms. The highest BCUT2D eigenvalue weighted by Crippen LogP contribution is 2.56. The van der Waals surface area contributed by atoms with Gasteiger partial charge < -0.3 is 0 Å². The van der Waals surface area contributed by atoms with Gasteiger partial charge in [-0.05, 0) is 291 Å². The molecule has 30 rings (SSSR count). The van der Waals surface area contributed by atoms with Gasteiger partial charge in [0.05, 0.1) is 91.2 Å². The second kappa shape index (κ2) is 33.1. The first-order valence-electron chi connectivity index (χ1n) is 50.0. The van der Waals surface area contributed by atoms with Gasteiger partial charge in [0.15, 0.2) is 0 Å². The van der Waals surface area contributed by atoms with Gasteiger partial charge >= 0.3 is 0 Å². The van der Waals surface area contributed by atoms with Crippen molar-refractivity contribution in [3.05, 3.63) is 435 Å². The molecule has 706 valence electrons. The van der Waals surface area contributed by atoms with Gasteiger partial charge in [0.25, 0.3) is 0 Å². The van der Waals surface area contributed by atoms with Crippen LogP contribution in [0, 0.1) is 11.3 Å². The van der Waals surface area contributed by atoms with E-state index in [-0.39, 0.29) is 5.41 Å². The Morgan fingerprint density at radius 3 is 1.02 bits per heavy atom. The predicted molar refractivity (Wildman–Crippen MR) is 603 cm³/mol. The van der Waals surface area contributed by atoms with Gasteiger partial charge in [-0.1, -0.05) is 320 Å². The summed E-state index contributed by atoms with van der Waals surface area (Å²) in [4.78, 5) is 16.3. The normalized spacial score (nSPS) is 13.9. The fourth-order valence-electron chi connectivity index (χ4n) is 24.4.